The van der Waals surface area contributed by atoms with Crippen molar-refractivity contribution in [3.8, 4) is 0 Å². The van der Waals surface area contributed by atoms with Crippen LogP contribution in [0, 0.1) is 11.8 Å². The summed E-state index contributed by atoms with van der Waals surface area (Å²) in [7, 11) is -4.78. The monoisotopic (exact) mass is 835 g/mol. The van der Waals surface area contributed by atoms with Crippen molar-refractivity contribution in [2.45, 2.75) is 148 Å². The number of carboxylic acid groups (broad SMARTS) is 1. The highest BCUT2D eigenvalue weighted by molar-refractivity contribution is 7.47. The Morgan fingerprint density at radius 2 is 1.38 bits per heavy atom. The van der Waals surface area contributed by atoms with Gasteiger partial charge in [0, 0.05) is 18.8 Å². The van der Waals surface area contributed by atoms with E-state index in [2.05, 4.69) is 54.8 Å². The van der Waals surface area contributed by atoms with Crippen molar-refractivity contribution in [1.29, 1.82) is 0 Å². The number of hydrogen-bond donors (Lipinski definition) is 4. The van der Waals surface area contributed by atoms with Gasteiger partial charge in [-0.2, -0.15) is 0 Å². The van der Waals surface area contributed by atoms with Gasteiger partial charge in [-0.05, 0) is 82.6 Å². The van der Waals surface area contributed by atoms with Gasteiger partial charge in [-0.25, -0.2) is 4.57 Å². The summed E-state index contributed by atoms with van der Waals surface area (Å²) < 4.78 is 32.6. The van der Waals surface area contributed by atoms with Gasteiger partial charge in [0.15, 0.2) is 11.9 Å². The number of phosphoric ester groups is 1. The van der Waals surface area contributed by atoms with Crippen molar-refractivity contribution in [3.05, 3.63) is 72.9 Å². The van der Waals surface area contributed by atoms with Crippen LogP contribution in [0.15, 0.2) is 72.9 Å². The van der Waals surface area contributed by atoms with Crippen molar-refractivity contribution in [3.63, 3.8) is 0 Å². The normalized spacial score (nSPS) is 18.5. The number of aliphatic hydroxyl groups is 1. The van der Waals surface area contributed by atoms with Gasteiger partial charge in [0.25, 0.3) is 0 Å². The summed E-state index contributed by atoms with van der Waals surface area (Å²) in [4.78, 5) is 58.4. The van der Waals surface area contributed by atoms with Gasteiger partial charge in [-0.3, -0.25) is 28.2 Å². The van der Waals surface area contributed by atoms with E-state index >= 15 is 0 Å². The average Bonchev–Trinajstić information content (AvgIpc) is 3.55. The Labute approximate surface area is 346 Å². The van der Waals surface area contributed by atoms with E-state index in [4.69, 9.17) is 24.8 Å². The summed E-state index contributed by atoms with van der Waals surface area (Å²) in [6.45, 7) is 2.40. The lowest BCUT2D eigenvalue weighted by molar-refractivity contribution is -0.161. The van der Waals surface area contributed by atoms with Gasteiger partial charge in [0.1, 0.15) is 12.6 Å². The molecule has 0 aromatic heterocycles. The van der Waals surface area contributed by atoms with Crippen LogP contribution in [0.25, 0.3) is 0 Å². The number of aliphatic carboxylic acids is 1. The lowest BCUT2D eigenvalue weighted by atomic mass is 9.90. The fraction of sp³-hybridized carbons (Fsp3) is 0.636. The number of carboxylic acids is 1. The van der Waals surface area contributed by atoms with Gasteiger partial charge in [-0.15, -0.1) is 0 Å². The SMILES string of the molecule is CCCCC/C=C\C/C=C\C/C=C\CCCCC(=O)OC[C@H](COP(=O)(O)OC[C@H](N)C(=O)O)OC(=O)CCC/C=C\C[C@H]1C=CC(=O)[C@@H]1/C=C/[C@@H](O)CCCCC. The quantitative estimate of drug-likeness (QED) is 0.0204. The molecule has 0 heterocycles. The van der Waals surface area contributed by atoms with E-state index < -0.39 is 63.8 Å². The van der Waals surface area contributed by atoms with Crippen molar-refractivity contribution < 1.29 is 57.4 Å². The molecule has 13 nitrogen and oxygen atoms in total. The first-order valence-corrected chi connectivity index (χ1v) is 22.5. The van der Waals surface area contributed by atoms with E-state index in [1.54, 1.807) is 18.2 Å². The first-order valence-electron chi connectivity index (χ1n) is 21.0. The standard InChI is InChI=1S/C44H70NO12P/c1-3-5-7-8-9-10-11-12-13-14-15-16-17-18-23-27-42(48)54-33-38(34-55-58(52,53)56-35-40(45)44(50)51)57-43(49)28-24-20-19-22-25-36-29-32-41(47)39(36)31-30-37(46)26-21-6-4-2/h9-10,12-13,15-16,19,22,29-32,36-40,46H,3-8,11,14,17-18,20-21,23-28,33-35,45H2,1-2H3,(H,50,51)(H,52,53)/b10-9-,13-12-,16-15-,22-19-,31-30+/t36-,37-,38+,39+,40-/m0/s1. The zero-order valence-electron chi connectivity index (χ0n) is 34.7. The van der Waals surface area contributed by atoms with Crippen LogP contribution in [0.2, 0.25) is 0 Å². The maximum Gasteiger partial charge on any atom is 0.472 e. The smallest absolute Gasteiger partial charge is 0.472 e. The molecule has 6 atom stereocenters. The Bertz CT molecular complexity index is 1400. The molecule has 14 heteroatoms. The third-order valence-electron chi connectivity index (χ3n) is 9.17. The van der Waals surface area contributed by atoms with Crippen molar-refractivity contribution in [1.82, 2.24) is 0 Å². The number of nitrogens with two attached hydrogens (primary N) is 1. The molecule has 0 bridgehead atoms. The molecule has 0 spiro atoms. The third kappa shape index (κ3) is 28.1. The second-order valence-corrected chi connectivity index (χ2v) is 15.9. The molecule has 1 unspecified atom stereocenters. The number of esters is 2. The third-order valence-corrected chi connectivity index (χ3v) is 10.1. The fourth-order valence-electron chi connectivity index (χ4n) is 5.71. The molecule has 0 saturated carbocycles. The Morgan fingerprint density at radius 3 is 2.05 bits per heavy atom. The zero-order chi connectivity index (χ0) is 42.9. The number of phosphoric acid groups is 1. The van der Waals surface area contributed by atoms with Crippen LogP contribution >= 0.6 is 7.82 Å². The summed E-state index contributed by atoms with van der Waals surface area (Å²) in [6, 6.07) is -1.56. The van der Waals surface area contributed by atoms with E-state index in [1.807, 2.05) is 18.2 Å². The Hall–Kier alpha value is -3.45. The van der Waals surface area contributed by atoms with Crippen molar-refractivity contribution >= 4 is 31.5 Å². The number of ketones is 1. The predicted octanol–water partition coefficient (Wildman–Crippen LogP) is 8.56. The topological polar surface area (TPSA) is 209 Å². The number of unbranched alkanes of at least 4 members (excludes halogenated alkanes) is 8. The summed E-state index contributed by atoms with van der Waals surface area (Å²) in [5.74, 6) is -2.95. The van der Waals surface area contributed by atoms with Crippen LogP contribution in [0.4, 0.5) is 0 Å². The molecule has 328 valence electrons. The summed E-state index contributed by atoms with van der Waals surface area (Å²) in [5, 5.41) is 19.1. The average molecular weight is 836 g/mol. The van der Waals surface area contributed by atoms with E-state index in [0.717, 1.165) is 51.4 Å². The number of carbonyl (C=O) groups excluding carboxylic acids is 3. The molecular weight excluding hydrogens is 765 g/mol. The highest BCUT2D eigenvalue weighted by atomic mass is 31.2. The van der Waals surface area contributed by atoms with Crippen LogP contribution in [0.1, 0.15) is 129 Å². The first-order chi connectivity index (χ1) is 27.9. The number of carbonyl (C=O) groups is 4. The van der Waals surface area contributed by atoms with E-state index in [1.165, 1.54) is 19.3 Å². The molecule has 1 aliphatic rings. The molecule has 5 N–H and O–H groups in total. The Balaban J connectivity index is 2.53. The maximum atomic E-state index is 12.7. The molecule has 0 radical (unpaired) electrons. The van der Waals surface area contributed by atoms with Crippen LogP contribution in [0.3, 0.4) is 0 Å². The van der Waals surface area contributed by atoms with Crippen LogP contribution < -0.4 is 5.73 Å². The minimum Gasteiger partial charge on any atom is -0.480 e. The predicted molar refractivity (Wildman–Crippen MR) is 225 cm³/mol. The van der Waals surface area contributed by atoms with Crippen LogP contribution in [0.5, 0.6) is 0 Å². The molecule has 0 fully saturated rings. The molecule has 58 heavy (non-hydrogen) atoms. The maximum absolute atomic E-state index is 12.7. The summed E-state index contributed by atoms with van der Waals surface area (Å²) >= 11 is 0. The Morgan fingerprint density at radius 1 is 0.793 bits per heavy atom. The van der Waals surface area contributed by atoms with Gasteiger partial charge >= 0.3 is 25.7 Å². The molecule has 1 aliphatic carbocycles. The Kier molecular flexibility index (Phi) is 30.3. The van der Waals surface area contributed by atoms with Crippen molar-refractivity contribution in [2.24, 2.45) is 17.6 Å². The largest absolute Gasteiger partial charge is 0.480 e. The molecule has 0 aromatic rings. The van der Waals surface area contributed by atoms with Gasteiger partial charge in [0.05, 0.1) is 19.3 Å². The minimum absolute atomic E-state index is 0.00187. The van der Waals surface area contributed by atoms with E-state index in [-0.39, 0.29) is 30.5 Å². The van der Waals surface area contributed by atoms with Gasteiger partial charge in [0.2, 0.25) is 0 Å². The molecule has 0 aliphatic heterocycles. The highest BCUT2D eigenvalue weighted by Crippen LogP contribution is 2.43. The number of hydrogen-bond acceptors (Lipinski definition) is 11. The zero-order valence-corrected chi connectivity index (χ0v) is 35.6. The molecule has 1 rings (SSSR count). The highest BCUT2D eigenvalue weighted by Gasteiger charge is 2.29. The second-order valence-electron chi connectivity index (χ2n) is 14.4. The number of aliphatic hydroxyl groups excluding tert-OH is 1. The van der Waals surface area contributed by atoms with E-state index in [9.17, 15) is 33.7 Å². The minimum atomic E-state index is -4.78. The fourth-order valence-corrected chi connectivity index (χ4v) is 6.49. The number of rotatable bonds is 35. The number of allylic oxidation sites excluding steroid dienone is 11. The molecular formula is C44H70NO12P. The van der Waals surface area contributed by atoms with Gasteiger partial charge in [-0.1, -0.05) is 113 Å². The van der Waals surface area contributed by atoms with Crippen LogP contribution in [-0.4, -0.2) is 76.9 Å². The van der Waals surface area contributed by atoms with E-state index in [0.29, 0.717) is 32.1 Å². The van der Waals surface area contributed by atoms with Crippen LogP contribution in [-0.2, 0) is 42.3 Å². The number of ether oxygens (including phenoxy) is 2. The molecule has 0 saturated heterocycles. The lowest BCUT2D eigenvalue weighted by Crippen LogP contribution is -2.34. The second kappa shape index (κ2) is 33.4. The van der Waals surface area contributed by atoms with Gasteiger partial charge < -0.3 is 30.3 Å². The lowest BCUT2D eigenvalue weighted by Gasteiger charge is -2.20. The van der Waals surface area contributed by atoms with Crippen molar-refractivity contribution in [2.75, 3.05) is 19.8 Å². The first kappa shape index (κ1) is 52.6. The summed E-state index contributed by atoms with van der Waals surface area (Å²) in [5.41, 5.74) is 5.32. The molecule has 0 amide bonds. The molecule has 0 aromatic carbocycles. The summed E-state index contributed by atoms with van der Waals surface area (Å²) in [6.07, 6.45) is 36.1.